The smallest absolute Gasteiger partial charge is 0.348 e. The maximum absolute atomic E-state index is 11.8. The quantitative estimate of drug-likeness (QED) is 0.756. The number of rotatable bonds is 3. The Morgan fingerprint density at radius 1 is 1.38 bits per heavy atom. The van der Waals surface area contributed by atoms with Crippen LogP contribution in [0.15, 0.2) is 24.3 Å². The lowest BCUT2D eigenvalue weighted by Gasteiger charge is -2.08. The second-order valence-electron chi connectivity index (χ2n) is 3.25. The fourth-order valence-electron chi connectivity index (χ4n) is 1.17. The molecule has 2 radical (unpaired) electrons. The van der Waals surface area contributed by atoms with Gasteiger partial charge in [0.05, 0.1) is 0 Å². The van der Waals surface area contributed by atoms with Gasteiger partial charge in [-0.25, -0.2) is 0 Å². The van der Waals surface area contributed by atoms with E-state index in [9.17, 15) is 18.0 Å². The third-order valence-corrected chi connectivity index (χ3v) is 1.91. The maximum atomic E-state index is 11.8. The fraction of sp³-hybridized carbons (Fsp3) is 0.300. The van der Waals surface area contributed by atoms with Gasteiger partial charge in [-0.1, -0.05) is 29.7 Å². The molecule has 0 saturated carbocycles. The van der Waals surface area contributed by atoms with Gasteiger partial charge in [0.1, 0.15) is 7.85 Å². The molecule has 84 valence electrons. The minimum Gasteiger partial charge on any atom is -0.348 e. The summed E-state index contributed by atoms with van der Waals surface area (Å²) in [5.41, 5.74) is 1.32. The maximum Gasteiger partial charge on any atom is 0.471 e. The first kappa shape index (κ1) is 12.6. The van der Waals surface area contributed by atoms with E-state index in [2.05, 4.69) is 0 Å². The lowest BCUT2D eigenvalue weighted by Crippen LogP contribution is -2.37. The summed E-state index contributed by atoms with van der Waals surface area (Å²) < 4.78 is 35.4. The van der Waals surface area contributed by atoms with Crippen molar-refractivity contribution in [2.24, 2.45) is 0 Å². The molecule has 0 saturated heterocycles. The predicted molar refractivity (Wildman–Crippen MR) is 54.6 cm³/mol. The second-order valence-corrected chi connectivity index (χ2v) is 3.25. The average molecular weight is 227 g/mol. The Labute approximate surface area is 92.3 Å². The van der Waals surface area contributed by atoms with Crippen molar-refractivity contribution in [2.45, 2.75) is 12.6 Å². The number of alkyl halides is 3. The van der Waals surface area contributed by atoms with Crippen molar-refractivity contribution in [2.75, 3.05) is 6.54 Å². The van der Waals surface area contributed by atoms with Crippen LogP contribution >= 0.6 is 0 Å². The van der Waals surface area contributed by atoms with Crippen molar-refractivity contribution >= 4 is 19.2 Å². The molecule has 0 aromatic heterocycles. The first-order valence-corrected chi connectivity index (χ1v) is 4.59. The van der Waals surface area contributed by atoms with Gasteiger partial charge in [-0.05, 0) is 12.0 Å². The number of carbonyl (C=O) groups is 1. The van der Waals surface area contributed by atoms with Crippen molar-refractivity contribution < 1.29 is 18.0 Å². The molecule has 2 nitrogen and oxygen atoms in total. The number of benzene rings is 1. The normalized spacial score (nSPS) is 11.2. The average Bonchev–Trinajstić information content (AvgIpc) is 2.16. The third kappa shape index (κ3) is 3.96. The summed E-state index contributed by atoms with van der Waals surface area (Å²) in [6.45, 7) is -0.0677. The van der Waals surface area contributed by atoms with Gasteiger partial charge >= 0.3 is 12.1 Å². The molecule has 0 aliphatic rings. The fourth-order valence-corrected chi connectivity index (χ4v) is 1.17. The van der Waals surface area contributed by atoms with E-state index in [1.54, 1.807) is 29.6 Å². The number of hydrogen-bond donors (Lipinski definition) is 1. The van der Waals surface area contributed by atoms with Crippen LogP contribution in [0.4, 0.5) is 13.2 Å². The first-order chi connectivity index (χ1) is 7.39. The number of hydrogen-bond acceptors (Lipinski definition) is 1. The molecule has 0 spiro atoms. The zero-order chi connectivity index (χ0) is 12.2. The van der Waals surface area contributed by atoms with Crippen LogP contribution in [0.2, 0.25) is 0 Å². The van der Waals surface area contributed by atoms with Crippen molar-refractivity contribution in [1.82, 2.24) is 5.32 Å². The van der Waals surface area contributed by atoms with Crippen LogP contribution in [0.1, 0.15) is 5.56 Å². The van der Waals surface area contributed by atoms with Crippen LogP contribution in [-0.4, -0.2) is 26.5 Å². The van der Waals surface area contributed by atoms with E-state index < -0.39 is 12.1 Å². The molecule has 0 fully saturated rings. The van der Waals surface area contributed by atoms with E-state index in [1.165, 1.54) is 0 Å². The van der Waals surface area contributed by atoms with Crippen LogP contribution in [0, 0.1) is 0 Å². The molecule has 16 heavy (non-hydrogen) atoms. The monoisotopic (exact) mass is 227 g/mol. The molecule has 0 aliphatic carbocycles. The lowest BCUT2D eigenvalue weighted by atomic mass is 9.94. The third-order valence-electron chi connectivity index (χ3n) is 1.91. The van der Waals surface area contributed by atoms with Gasteiger partial charge in [-0.15, -0.1) is 0 Å². The number of nitrogens with one attached hydrogen (secondary N) is 1. The summed E-state index contributed by atoms with van der Waals surface area (Å²) in [4.78, 5) is 10.5. The van der Waals surface area contributed by atoms with Gasteiger partial charge in [-0.2, -0.15) is 13.2 Å². The van der Waals surface area contributed by atoms with E-state index in [0.717, 1.165) is 5.56 Å². The predicted octanol–water partition coefficient (Wildman–Crippen LogP) is 0.701. The van der Waals surface area contributed by atoms with Gasteiger partial charge in [-0.3, -0.25) is 4.79 Å². The zero-order valence-electron chi connectivity index (χ0n) is 8.34. The molecule has 0 heterocycles. The van der Waals surface area contributed by atoms with Crippen LogP contribution in [0.3, 0.4) is 0 Å². The molecular formula is C10H9BF3NO. The van der Waals surface area contributed by atoms with Crippen LogP contribution < -0.4 is 10.8 Å². The Bertz CT molecular complexity index is 379. The largest absolute Gasteiger partial charge is 0.471 e. The van der Waals surface area contributed by atoms with Gasteiger partial charge in [0.25, 0.3) is 0 Å². The molecular weight excluding hydrogens is 218 g/mol. The minimum absolute atomic E-state index is 0.0677. The Morgan fingerprint density at radius 2 is 2.06 bits per heavy atom. The van der Waals surface area contributed by atoms with Crippen LogP contribution in [0.5, 0.6) is 0 Å². The summed E-state index contributed by atoms with van der Waals surface area (Å²) in [6.07, 6.45) is -4.51. The SMILES string of the molecule is [B]c1cccc(CCNC(=O)C(F)(F)F)c1. The standard InChI is InChI=1S/C10H9BF3NO/c11-8-3-1-2-7(6-8)4-5-15-9(16)10(12,13)14/h1-3,6H,4-5H2,(H,15,16). The highest BCUT2D eigenvalue weighted by Gasteiger charge is 2.38. The van der Waals surface area contributed by atoms with Crippen molar-refractivity contribution in [3.8, 4) is 0 Å². The minimum atomic E-state index is -4.82. The number of halogens is 3. The Hall–Kier alpha value is -1.46. The van der Waals surface area contributed by atoms with E-state index in [-0.39, 0.29) is 6.54 Å². The summed E-state index contributed by atoms with van der Waals surface area (Å²) in [7, 11) is 5.49. The van der Waals surface area contributed by atoms with Gasteiger partial charge in [0.15, 0.2) is 0 Å². The summed E-state index contributed by atoms with van der Waals surface area (Å²) in [5.74, 6) is -1.92. The van der Waals surface area contributed by atoms with Gasteiger partial charge in [0, 0.05) is 6.54 Å². The molecule has 0 bridgehead atoms. The molecule has 1 aromatic carbocycles. The zero-order valence-corrected chi connectivity index (χ0v) is 8.34. The first-order valence-electron chi connectivity index (χ1n) is 4.59. The topological polar surface area (TPSA) is 29.1 Å². The van der Waals surface area contributed by atoms with Crippen molar-refractivity contribution in [3.63, 3.8) is 0 Å². The highest BCUT2D eigenvalue weighted by Crippen LogP contribution is 2.13. The molecule has 1 aromatic rings. The van der Waals surface area contributed by atoms with E-state index in [1.807, 2.05) is 0 Å². The van der Waals surface area contributed by atoms with Crippen molar-refractivity contribution in [1.29, 1.82) is 0 Å². The summed E-state index contributed by atoms with van der Waals surface area (Å²) >= 11 is 0. The molecule has 1 N–H and O–H groups in total. The molecule has 6 heteroatoms. The van der Waals surface area contributed by atoms with E-state index in [4.69, 9.17) is 7.85 Å². The molecule has 0 unspecified atom stereocenters. The van der Waals surface area contributed by atoms with Crippen LogP contribution in [-0.2, 0) is 11.2 Å². The molecule has 0 aliphatic heterocycles. The Balaban J connectivity index is 2.39. The Morgan fingerprint density at radius 3 is 2.62 bits per heavy atom. The highest BCUT2D eigenvalue weighted by atomic mass is 19.4. The molecule has 0 atom stereocenters. The Kier molecular flexibility index (Phi) is 3.98. The van der Waals surface area contributed by atoms with E-state index >= 15 is 0 Å². The number of amides is 1. The highest BCUT2D eigenvalue weighted by molar-refractivity contribution is 6.32. The summed E-state index contributed by atoms with van der Waals surface area (Å²) in [6, 6.07) is 6.77. The molecule has 1 rings (SSSR count). The van der Waals surface area contributed by atoms with Crippen molar-refractivity contribution in [3.05, 3.63) is 29.8 Å². The molecule has 1 amide bonds. The number of carbonyl (C=O) groups excluding carboxylic acids is 1. The van der Waals surface area contributed by atoms with Crippen LogP contribution in [0.25, 0.3) is 0 Å². The second kappa shape index (κ2) is 5.05. The van der Waals surface area contributed by atoms with E-state index in [0.29, 0.717) is 11.9 Å². The lowest BCUT2D eigenvalue weighted by molar-refractivity contribution is -0.173. The van der Waals surface area contributed by atoms with Gasteiger partial charge in [0.2, 0.25) is 0 Å². The summed E-state index contributed by atoms with van der Waals surface area (Å²) in [5, 5.41) is 1.79. The van der Waals surface area contributed by atoms with Gasteiger partial charge < -0.3 is 5.32 Å².